The molecule has 0 radical (unpaired) electrons. The Balaban J connectivity index is 1.46. The van der Waals surface area contributed by atoms with E-state index in [0.29, 0.717) is 23.0 Å². The molecule has 7 nitrogen and oxygen atoms in total. The van der Waals surface area contributed by atoms with Crippen LogP contribution in [0.4, 0.5) is 5.69 Å². The van der Waals surface area contributed by atoms with E-state index in [2.05, 4.69) is 0 Å². The summed E-state index contributed by atoms with van der Waals surface area (Å²) < 4.78 is 17.6. The first-order chi connectivity index (χ1) is 16.5. The van der Waals surface area contributed by atoms with E-state index < -0.39 is 17.0 Å². The lowest BCUT2D eigenvalue weighted by Crippen LogP contribution is -2.07. The minimum atomic E-state index is -0.609. The van der Waals surface area contributed by atoms with Crippen LogP contribution in [-0.4, -0.2) is 10.9 Å². The highest BCUT2D eigenvalue weighted by atomic mass is 16.6. The summed E-state index contributed by atoms with van der Waals surface area (Å²) in [6.45, 7) is 1.37. The minimum Gasteiger partial charge on any atom is -0.457 e. The van der Waals surface area contributed by atoms with Gasteiger partial charge in [0.15, 0.2) is 6.10 Å². The fourth-order valence-electron chi connectivity index (χ4n) is 3.99. The Morgan fingerprint density at radius 2 is 1.24 bits per heavy atom. The van der Waals surface area contributed by atoms with Crippen LogP contribution in [-0.2, 0) is 9.53 Å². The zero-order chi connectivity index (χ0) is 23.7. The number of non-ortho nitro benzene ring substituents is 1. The van der Waals surface area contributed by atoms with Crippen molar-refractivity contribution in [3.8, 4) is 34.1 Å². The predicted molar refractivity (Wildman–Crippen MR) is 125 cm³/mol. The maximum Gasteiger partial charge on any atom is 0.303 e. The standard InChI is InChI=1S/C27H19NO6/c1-17(29)32-27-25-15-21(33-19-5-3-2-4-6-19)11-13-23(25)24-14-12-22(16-26(24)27)34-20-9-7-18(8-10-20)28(30)31/h2-16,27H,1H3. The Morgan fingerprint density at radius 3 is 1.74 bits per heavy atom. The number of carbonyl (C=O) groups is 1. The number of nitro groups is 1. The molecule has 0 fully saturated rings. The van der Waals surface area contributed by atoms with Gasteiger partial charge in [-0.05, 0) is 59.7 Å². The van der Waals surface area contributed by atoms with Crippen LogP contribution in [0.5, 0.6) is 23.0 Å². The smallest absolute Gasteiger partial charge is 0.303 e. The molecule has 168 valence electrons. The van der Waals surface area contributed by atoms with Gasteiger partial charge in [0.1, 0.15) is 23.0 Å². The zero-order valence-corrected chi connectivity index (χ0v) is 18.1. The van der Waals surface area contributed by atoms with Gasteiger partial charge in [-0.25, -0.2) is 0 Å². The van der Waals surface area contributed by atoms with Crippen molar-refractivity contribution in [3.05, 3.63) is 112 Å². The summed E-state index contributed by atoms with van der Waals surface area (Å²) >= 11 is 0. The molecule has 4 aromatic carbocycles. The summed E-state index contributed by atoms with van der Waals surface area (Å²) in [5.41, 5.74) is 3.49. The average molecular weight is 453 g/mol. The molecule has 0 N–H and O–H groups in total. The van der Waals surface area contributed by atoms with E-state index >= 15 is 0 Å². The first-order valence-electron chi connectivity index (χ1n) is 10.6. The van der Waals surface area contributed by atoms with Crippen LogP contribution in [0.15, 0.2) is 91.0 Å². The second kappa shape index (κ2) is 8.71. The van der Waals surface area contributed by atoms with Crippen molar-refractivity contribution in [2.75, 3.05) is 0 Å². The summed E-state index contributed by atoms with van der Waals surface area (Å²) in [5.74, 6) is 1.93. The monoisotopic (exact) mass is 453 g/mol. The first kappa shape index (κ1) is 21.2. The number of rotatable bonds is 6. The van der Waals surface area contributed by atoms with Crippen LogP contribution in [0.2, 0.25) is 0 Å². The minimum absolute atomic E-state index is 0.0137. The van der Waals surface area contributed by atoms with Crippen LogP contribution in [0.3, 0.4) is 0 Å². The highest BCUT2D eigenvalue weighted by Crippen LogP contribution is 2.48. The molecule has 0 aliphatic heterocycles. The van der Waals surface area contributed by atoms with Crippen LogP contribution in [0, 0.1) is 10.1 Å². The van der Waals surface area contributed by atoms with Gasteiger partial charge >= 0.3 is 5.97 Å². The number of para-hydroxylation sites is 1. The molecular weight excluding hydrogens is 434 g/mol. The Hall–Kier alpha value is -4.65. The van der Waals surface area contributed by atoms with E-state index in [1.807, 2.05) is 66.7 Å². The van der Waals surface area contributed by atoms with Gasteiger partial charge in [-0.1, -0.05) is 30.3 Å². The number of ether oxygens (including phenoxy) is 3. The molecule has 1 unspecified atom stereocenters. The maximum absolute atomic E-state index is 11.9. The molecular formula is C27H19NO6. The summed E-state index contributed by atoms with van der Waals surface area (Å²) in [4.78, 5) is 22.3. The molecule has 1 aliphatic rings. The molecule has 0 heterocycles. The molecule has 0 saturated heterocycles. The highest BCUT2D eigenvalue weighted by Gasteiger charge is 2.32. The van der Waals surface area contributed by atoms with E-state index in [0.717, 1.165) is 22.3 Å². The molecule has 4 aromatic rings. The third kappa shape index (κ3) is 4.19. The summed E-state index contributed by atoms with van der Waals surface area (Å²) in [5, 5.41) is 10.9. The summed E-state index contributed by atoms with van der Waals surface area (Å²) in [7, 11) is 0. The Labute approximate surface area is 195 Å². The number of carbonyl (C=O) groups excluding carboxylic acids is 1. The number of nitro benzene ring substituents is 1. The quantitative estimate of drug-likeness (QED) is 0.181. The van der Waals surface area contributed by atoms with Crippen molar-refractivity contribution in [3.63, 3.8) is 0 Å². The van der Waals surface area contributed by atoms with Gasteiger partial charge in [-0.15, -0.1) is 0 Å². The molecule has 1 aliphatic carbocycles. The number of nitrogens with zero attached hydrogens (tertiary/aromatic N) is 1. The normalized spacial score (nSPS) is 13.5. The molecule has 0 spiro atoms. The van der Waals surface area contributed by atoms with Crippen LogP contribution in [0.25, 0.3) is 11.1 Å². The lowest BCUT2D eigenvalue weighted by molar-refractivity contribution is -0.384. The zero-order valence-electron chi connectivity index (χ0n) is 18.1. The van der Waals surface area contributed by atoms with Gasteiger partial charge in [0.05, 0.1) is 4.92 Å². The maximum atomic E-state index is 11.9. The van der Waals surface area contributed by atoms with Crippen molar-refractivity contribution in [2.24, 2.45) is 0 Å². The van der Waals surface area contributed by atoms with Gasteiger partial charge < -0.3 is 14.2 Å². The van der Waals surface area contributed by atoms with Crippen molar-refractivity contribution in [1.29, 1.82) is 0 Å². The number of fused-ring (bicyclic) bond motifs is 3. The number of esters is 1. The second-order valence-corrected chi connectivity index (χ2v) is 7.76. The van der Waals surface area contributed by atoms with Crippen LogP contribution >= 0.6 is 0 Å². The molecule has 1 atom stereocenters. The molecule has 0 bridgehead atoms. The van der Waals surface area contributed by atoms with Crippen molar-refractivity contribution in [1.82, 2.24) is 0 Å². The SMILES string of the molecule is CC(=O)OC1c2cc(Oc3ccccc3)ccc2-c2ccc(Oc3ccc([N+](=O)[O-])cc3)cc21. The van der Waals surface area contributed by atoms with E-state index in [4.69, 9.17) is 14.2 Å². The topological polar surface area (TPSA) is 87.9 Å². The fraction of sp³-hybridized carbons (Fsp3) is 0.0741. The third-order valence-corrected chi connectivity index (χ3v) is 5.45. The fourth-order valence-corrected chi connectivity index (χ4v) is 3.99. The average Bonchev–Trinajstić information content (AvgIpc) is 3.12. The highest BCUT2D eigenvalue weighted by molar-refractivity contribution is 5.81. The lowest BCUT2D eigenvalue weighted by Gasteiger charge is -2.15. The van der Waals surface area contributed by atoms with Gasteiger partial charge in [0.25, 0.3) is 5.69 Å². The van der Waals surface area contributed by atoms with E-state index in [1.54, 1.807) is 0 Å². The van der Waals surface area contributed by atoms with E-state index in [1.165, 1.54) is 31.2 Å². The van der Waals surface area contributed by atoms with Crippen molar-refractivity contribution < 1.29 is 23.9 Å². The van der Waals surface area contributed by atoms with E-state index in [-0.39, 0.29) is 5.69 Å². The number of hydrogen-bond acceptors (Lipinski definition) is 6. The van der Waals surface area contributed by atoms with Crippen LogP contribution < -0.4 is 9.47 Å². The van der Waals surface area contributed by atoms with Gasteiger partial charge in [-0.2, -0.15) is 0 Å². The van der Waals surface area contributed by atoms with Gasteiger partial charge in [0.2, 0.25) is 0 Å². The number of benzene rings is 4. The predicted octanol–water partition coefficient (Wildman–Crippen LogP) is 6.81. The van der Waals surface area contributed by atoms with Gasteiger partial charge in [0, 0.05) is 30.2 Å². The van der Waals surface area contributed by atoms with Gasteiger partial charge in [-0.3, -0.25) is 14.9 Å². The molecule has 0 amide bonds. The molecule has 34 heavy (non-hydrogen) atoms. The molecule has 0 saturated carbocycles. The Bertz CT molecular complexity index is 1380. The Morgan fingerprint density at radius 1 is 0.735 bits per heavy atom. The summed E-state index contributed by atoms with van der Waals surface area (Å²) in [6, 6.07) is 26.6. The first-order valence-corrected chi connectivity index (χ1v) is 10.6. The molecule has 0 aromatic heterocycles. The largest absolute Gasteiger partial charge is 0.457 e. The molecule has 5 rings (SSSR count). The summed E-state index contributed by atoms with van der Waals surface area (Å²) in [6.07, 6.45) is -0.609. The molecule has 7 heteroatoms. The third-order valence-electron chi connectivity index (χ3n) is 5.45. The van der Waals surface area contributed by atoms with Crippen LogP contribution in [0.1, 0.15) is 24.2 Å². The Kier molecular flexibility index (Phi) is 5.43. The van der Waals surface area contributed by atoms with Crippen molar-refractivity contribution >= 4 is 11.7 Å². The lowest BCUT2D eigenvalue weighted by atomic mass is 10.1. The second-order valence-electron chi connectivity index (χ2n) is 7.76. The number of hydrogen-bond donors (Lipinski definition) is 0. The van der Waals surface area contributed by atoms with E-state index in [9.17, 15) is 14.9 Å². The van der Waals surface area contributed by atoms with Crippen molar-refractivity contribution in [2.45, 2.75) is 13.0 Å².